The van der Waals surface area contributed by atoms with Gasteiger partial charge in [0, 0.05) is 18.7 Å². The Morgan fingerprint density at radius 3 is 2.89 bits per heavy atom. The number of aliphatic carboxylic acids is 1. The number of rotatable bonds is 6. The Morgan fingerprint density at radius 2 is 2.28 bits per heavy atom. The molecule has 2 N–H and O–H groups in total. The number of carboxylic acids is 1. The van der Waals surface area contributed by atoms with Gasteiger partial charge in [0.1, 0.15) is 0 Å². The molecule has 1 atom stereocenters. The number of carbonyl (C=O) groups excluding carboxylic acids is 1. The minimum Gasteiger partial charge on any atom is -0.481 e. The van der Waals surface area contributed by atoms with Crippen LogP contribution in [0.4, 0.5) is 4.39 Å². The molecule has 0 saturated carbocycles. The molecule has 0 spiro atoms. The van der Waals surface area contributed by atoms with Crippen molar-refractivity contribution in [1.82, 2.24) is 10.3 Å². The van der Waals surface area contributed by atoms with Gasteiger partial charge in [0.2, 0.25) is 0 Å². The van der Waals surface area contributed by atoms with Crippen molar-refractivity contribution in [2.75, 3.05) is 0 Å². The predicted octanol–water partition coefficient (Wildman–Crippen LogP) is 1.59. The SMILES string of the molecule is CC(CCCC(=O)O)NC(=O)c1ccncc1F. The molecule has 1 heterocycles. The Morgan fingerprint density at radius 1 is 1.56 bits per heavy atom. The number of aromatic nitrogens is 1. The number of carboxylic acid groups (broad SMARTS) is 1. The maximum atomic E-state index is 13.2. The van der Waals surface area contributed by atoms with E-state index in [2.05, 4.69) is 10.3 Å². The van der Waals surface area contributed by atoms with Gasteiger partial charge in [-0.2, -0.15) is 0 Å². The summed E-state index contributed by atoms with van der Waals surface area (Å²) in [6, 6.07) is 1.10. The number of nitrogens with one attached hydrogen (secondary N) is 1. The van der Waals surface area contributed by atoms with E-state index in [9.17, 15) is 14.0 Å². The van der Waals surface area contributed by atoms with Gasteiger partial charge in [-0.15, -0.1) is 0 Å². The van der Waals surface area contributed by atoms with Crippen molar-refractivity contribution < 1.29 is 19.1 Å². The summed E-state index contributed by atoms with van der Waals surface area (Å²) in [5, 5.41) is 11.1. The molecule has 0 bridgehead atoms. The fourth-order valence-corrected chi connectivity index (χ4v) is 1.49. The Labute approximate surface area is 104 Å². The number of nitrogens with zero attached hydrogens (tertiary/aromatic N) is 1. The summed E-state index contributed by atoms with van der Waals surface area (Å²) in [4.78, 5) is 25.6. The summed E-state index contributed by atoms with van der Waals surface area (Å²) < 4.78 is 13.2. The van der Waals surface area contributed by atoms with Crippen LogP contribution < -0.4 is 5.32 Å². The molecule has 1 unspecified atom stereocenters. The van der Waals surface area contributed by atoms with Crippen molar-refractivity contribution in [3.63, 3.8) is 0 Å². The molecule has 0 radical (unpaired) electrons. The fraction of sp³-hybridized carbons (Fsp3) is 0.417. The van der Waals surface area contributed by atoms with Crippen molar-refractivity contribution in [3.8, 4) is 0 Å². The first-order valence-corrected chi connectivity index (χ1v) is 5.63. The zero-order valence-corrected chi connectivity index (χ0v) is 10.0. The summed E-state index contributed by atoms with van der Waals surface area (Å²) in [5.41, 5.74) is -0.0601. The predicted molar refractivity (Wildman–Crippen MR) is 62.6 cm³/mol. The van der Waals surface area contributed by atoms with Crippen molar-refractivity contribution in [1.29, 1.82) is 0 Å². The summed E-state index contributed by atoms with van der Waals surface area (Å²) in [6.45, 7) is 1.75. The Balaban J connectivity index is 2.45. The summed E-state index contributed by atoms with van der Waals surface area (Å²) >= 11 is 0. The van der Waals surface area contributed by atoms with E-state index in [4.69, 9.17) is 5.11 Å². The van der Waals surface area contributed by atoms with Gasteiger partial charge < -0.3 is 10.4 Å². The summed E-state index contributed by atoms with van der Waals surface area (Å²) in [5.74, 6) is -2.06. The lowest BCUT2D eigenvalue weighted by Crippen LogP contribution is -2.33. The molecular formula is C12H15FN2O3. The lowest BCUT2D eigenvalue weighted by Gasteiger charge is -2.13. The highest BCUT2D eigenvalue weighted by molar-refractivity contribution is 5.94. The molecule has 1 aromatic heterocycles. The number of hydrogen-bond acceptors (Lipinski definition) is 3. The lowest BCUT2D eigenvalue weighted by molar-refractivity contribution is -0.137. The normalized spacial score (nSPS) is 11.9. The molecule has 18 heavy (non-hydrogen) atoms. The van der Waals surface area contributed by atoms with Gasteiger partial charge in [0.05, 0.1) is 11.8 Å². The smallest absolute Gasteiger partial charge is 0.303 e. The quantitative estimate of drug-likeness (QED) is 0.808. The van der Waals surface area contributed by atoms with E-state index < -0.39 is 17.7 Å². The van der Waals surface area contributed by atoms with E-state index in [1.54, 1.807) is 6.92 Å². The lowest BCUT2D eigenvalue weighted by atomic mass is 10.1. The topological polar surface area (TPSA) is 79.3 Å². The molecule has 1 aromatic rings. The zero-order chi connectivity index (χ0) is 13.5. The van der Waals surface area contributed by atoms with Crippen LogP contribution in [0.3, 0.4) is 0 Å². The molecule has 0 aliphatic rings. The van der Waals surface area contributed by atoms with Crippen LogP contribution in [-0.4, -0.2) is 28.0 Å². The van der Waals surface area contributed by atoms with Gasteiger partial charge in [-0.1, -0.05) is 0 Å². The van der Waals surface area contributed by atoms with Crippen LogP contribution in [0.5, 0.6) is 0 Å². The van der Waals surface area contributed by atoms with E-state index in [-0.39, 0.29) is 18.0 Å². The molecule has 98 valence electrons. The zero-order valence-electron chi connectivity index (χ0n) is 10.0. The molecule has 0 aliphatic carbocycles. The van der Waals surface area contributed by atoms with Gasteiger partial charge in [-0.05, 0) is 25.8 Å². The summed E-state index contributed by atoms with van der Waals surface area (Å²) in [6.07, 6.45) is 3.38. The van der Waals surface area contributed by atoms with Crippen LogP contribution in [0.15, 0.2) is 18.5 Å². The molecule has 1 amide bonds. The van der Waals surface area contributed by atoms with Gasteiger partial charge in [-0.25, -0.2) is 4.39 Å². The van der Waals surface area contributed by atoms with Crippen molar-refractivity contribution in [2.45, 2.75) is 32.2 Å². The monoisotopic (exact) mass is 254 g/mol. The third kappa shape index (κ3) is 4.48. The fourth-order valence-electron chi connectivity index (χ4n) is 1.49. The average Bonchev–Trinajstić information content (AvgIpc) is 2.28. The Hall–Kier alpha value is -1.98. The molecule has 0 aliphatic heterocycles. The minimum absolute atomic E-state index is 0.0594. The highest BCUT2D eigenvalue weighted by Crippen LogP contribution is 2.06. The molecule has 6 heteroatoms. The van der Waals surface area contributed by atoms with Crippen LogP contribution >= 0.6 is 0 Å². The maximum absolute atomic E-state index is 13.2. The number of amides is 1. The summed E-state index contributed by atoms with van der Waals surface area (Å²) in [7, 11) is 0. The number of halogens is 1. The first kappa shape index (κ1) is 14.1. The van der Waals surface area contributed by atoms with Crippen LogP contribution in [0, 0.1) is 5.82 Å². The third-order valence-corrected chi connectivity index (χ3v) is 2.42. The largest absolute Gasteiger partial charge is 0.481 e. The molecular weight excluding hydrogens is 239 g/mol. The highest BCUT2D eigenvalue weighted by atomic mass is 19.1. The van der Waals surface area contributed by atoms with E-state index in [0.29, 0.717) is 12.8 Å². The minimum atomic E-state index is -0.867. The highest BCUT2D eigenvalue weighted by Gasteiger charge is 2.13. The number of carbonyl (C=O) groups is 2. The number of pyridine rings is 1. The van der Waals surface area contributed by atoms with Crippen LogP contribution in [0.25, 0.3) is 0 Å². The molecule has 0 aromatic carbocycles. The first-order valence-electron chi connectivity index (χ1n) is 5.63. The van der Waals surface area contributed by atoms with Gasteiger partial charge in [0.25, 0.3) is 5.91 Å². The molecule has 0 fully saturated rings. The molecule has 1 rings (SSSR count). The van der Waals surface area contributed by atoms with E-state index in [1.807, 2.05) is 0 Å². The van der Waals surface area contributed by atoms with Crippen molar-refractivity contribution in [3.05, 3.63) is 29.8 Å². The third-order valence-electron chi connectivity index (χ3n) is 2.42. The average molecular weight is 254 g/mol. The molecule has 5 nitrogen and oxygen atoms in total. The molecule has 0 saturated heterocycles. The number of hydrogen-bond donors (Lipinski definition) is 2. The van der Waals surface area contributed by atoms with Crippen molar-refractivity contribution >= 4 is 11.9 Å². The van der Waals surface area contributed by atoms with Gasteiger partial charge in [0.15, 0.2) is 5.82 Å². The standard InChI is InChI=1S/C12H15FN2O3/c1-8(3-2-4-11(16)17)15-12(18)9-5-6-14-7-10(9)13/h5-8H,2-4H2,1H3,(H,15,18)(H,16,17). The first-order chi connectivity index (χ1) is 8.50. The van der Waals surface area contributed by atoms with Crippen LogP contribution in [0.2, 0.25) is 0 Å². The second kappa shape index (κ2) is 6.68. The Bertz CT molecular complexity index is 437. The van der Waals surface area contributed by atoms with Gasteiger partial charge >= 0.3 is 5.97 Å². The van der Waals surface area contributed by atoms with E-state index >= 15 is 0 Å². The second-order valence-corrected chi connectivity index (χ2v) is 4.02. The Kier molecular flexibility index (Phi) is 5.23. The van der Waals surface area contributed by atoms with Crippen LogP contribution in [0.1, 0.15) is 36.5 Å². The van der Waals surface area contributed by atoms with E-state index in [1.165, 1.54) is 12.3 Å². The van der Waals surface area contributed by atoms with E-state index in [0.717, 1.165) is 6.20 Å². The second-order valence-electron chi connectivity index (χ2n) is 4.02. The van der Waals surface area contributed by atoms with Crippen molar-refractivity contribution in [2.24, 2.45) is 0 Å². The maximum Gasteiger partial charge on any atom is 0.303 e. The van der Waals surface area contributed by atoms with Crippen LogP contribution in [-0.2, 0) is 4.79 Å². The van der Waals surface area contributed by atoms with Gasteiger partial charge in [-0.3, -0.25) is 14.6 Å².